The Bertz CT molecular complexity index is 1380. The number of hydrogen-bond donors (Lipinski definition) is 1. The molecule has 2 aromatic carbocycles. The number of anilines is 1. The van der Waals surface area contributed by atoms with Crippen LogP contribution < -0.4 is 10.6 Å². The molecule has 35 heavy (non-hydrogen) atoms. The maximum Gasteiger partial charge on any atom is 0.355 e. The fraction of sp³-hybridized carbons (Fsp3) is 0.160. The molecule has 1 aliphatic heterocycles. The summed E-state index contributed by atoms with van der Waals surface area (Å²) in [6.45, 7) is 1.70. The monoisotopic (exact) mass is 471 g/mol. The predicted octanol–water partition coefficient (Wildman–Crippen LogP) is 2.94. The highest BCUT2D eigenvalue weighted by molar-refractivity contribution is 6.06. The van der Waals surface area contributed by atoms with E-state index in [-0.39, 0.29) is 22.7 Å². The Morgan fingerprint density at radius 2 is 1.71 bits per heavy atom. The number of esters is 2. The highest BCUT2D eigenvalue weighted by Gasteiger charge is 2.42. The van der Waals surface area contributed by atoms with Gasteiger partial charge in [0.1, 0.15) is 11.5 Å². The second kappa shape index (κ2) is 9.52. The van der Waals surface area contributed by atoms with E-state index >= 15 is 0 Å². The average Bonchev–Trinajstić information content (AvgIpc) is 3.33. The molecular formula is C25H21N5O5. The van der Waals surface area contributed by atoms with Gasteiger partial charge in [-0.3, -0.25) is 4.90 Å². The van der Waals surface area contributed by atoms with Gasteiger partial charge in [0.15, 0.2) is 5.82 Å². The maximum atomic E-state index is 13.1. The van der Waals surface area contributed by atoms with Crippen LogP contribution in [0, 0.1) is 18.3 Å². The van der Waals surface area contributed by atoms with Crippen molar-refractivity contribution in [3.05, 3.63) is 88.6 Å². The molecule has 10 nitrogen and oxygen atoms in total. The Labute approximate surface area is 200 Å². The number of hydrogen-bond acceptors (Lipinski definition) is 10. The lowest BCUT2D eigenvalue weighted by atomic mass is 9.81. The minimum atomic E-state index is -0.931. The highest BCUT2D eigenvalue weighted by atomic mass is 16.5. The number of rotatable bonds is 5. The van der Waals surface area contributed by atoms with E-state index in [1.807, 2.05) is 0 Å². The molecule has 1 atom stereocenters. The molecule has 2 N–H and O–H groups in total. The summed E-state index contributed by atoms with van der Waals surface area (Å²) in [5.41, 5.74) is 7.99. The van der Waals surface area contributed by atoms with E-state index in [2.05, 4.69) is 16.2 Å². The number of nitriles is 1. The maximum absolute atomic E-state index is 13.1. The topological polar surface area (TPSA) is 145 Å². The third-order valence-electron chi connectivity index (χ3n) is 5.51. The first-order chi connectivity index (χ1) is 16.9. The van der Waals surface area contributed by atoms with Gasteiger partial charge in [0.25, 0.3) is 5.89 Å². The van der Waals surface area contributed by atoms with Gasteiger partial charge in [-0.25, -0.2) is 9.59 Å². The van der Waals surface area contributed by atoms with E-state index in [0.29, 0.717) is 28.5 Å². The summed E-state index contributed by atoms with van der Waals surface area (Å²) in [4.78, 5) is 31.6. The number of carbonyl (C=O) groups excluding carboxylic acids is 2. The Morgan fingerprint density at radius 3 is 2.26 bits per heavy atom. The predicted molar refractivity (Wildman–Crippen MR) is 124 cm³/mol. The molecule has 0 aliphatic carbocycles. The first-order valence-corrected chi connectivity index (χ1v) is 10.5. The molecule has 3 aromatic rings. The van der Waals surface area contributed by atoms with Crippen LogP contribution in [0.4, 0.5) is 5.69 Å². The number of benzene rings is 2. The van der Waals surface area contributed by atoms with Gasteiger partial charge in [0.05, 0.1) is 37.4 Å². The minimum Gasteiger partial charge on any atom is -0.466 e. The normalized spacial score (nSPS) is 15.6. The lowest BCUT2D eigenvalue weighted by Gasteiger charge is -2.35. The van der Waals surface area contributed by atoms with E-state index in [1.165, 1.54) is 19.1 Å². The summed E-state index contributed by atoms with van der Waals surface area (Å²) in [6, 6.07) is 17.6. The lowest BCUT2D eigenvalue weighted by Crippen LogP contribution is -2.40. The molecule has 0 amide bonds. The number of carbonyl (C=O) groups is 2. The van der Waals surface area contributed by atoms with Crippen LogP contribution in [0.1, 0.15) is 17.3 Å². The zero-order valence-corrected chi connectivity index (χ0v) is 19.2. The minimum absolute atomic E-state index is 0.0178. The highest BCUT2D eigenvalue weighted by Crippen LogP contribution is 2.43. The molecule has 176 valence electrons. The average molecular weight is 471 g/mol. The molecule has 10 heteroatoms. The molecule has 0 bridgehead atoms. The fourth-order valence-corrected chi connectivity index (χ4v) is 3.95. The van der Waals surface area contributed by atoms with Crippen molar-refractivity contribution in [3.63, 3.8) is 0 Å². The molecule has 0 fully saturated rings. The molecule has 0 saturated carbocycles. The van der Waals surface area contributed by atoms with Gasteiger partial charge in [-0.1, -0.05) is 35.5 Å². The Hall–Kier alpha value is -4.91. The summed E-state index contributed by atoms with van der Waals surface area (Å²) in [5, 5.41) is 13.9. The number of nitrogens with two attached hydrogens (primary N) is 1. The summed E-state index contributed by atoms with van der Waals surface area (Å²) < 4.78 is 15.2. The number of nitrogens with zero attached hydrogens (tertiary/aromatic N) is 4. The van der Waals surface area contributed by atoms with E-state index in [0.717, 1.165) is 0 Å². The van der Waals surface area contributed by atoms with Crippen LogP contribution in [0.25, 0.3) is 11.5 Å². The lowest BCUT2D eigenvalue weighted by molar-refractivity contribution is -0.139. The molecule has 0 saturated heterocycles. The molecule has 0 spiro atoms. The third kappa shape index (κ3) is 4.11. The van der Waals surface area contributed by atoms with Crippen LogP contribution in [-0.2, 0) is 19.1 Å². The summed E-state index contributed by atoms with van der Waals surface area (Å²) in [7, 11) is 2.40. The van der Waals surface area contributed by atoms with Crippen molar-refractivity contribution < 1.29 is 23.6 Å². The van der Waals surface area contributed by atoms with Crippen molar-refractivity contribution in [1.82, 2.24) is 10.1 Å². The first kappa shape index (κ1) is 23.3. The number of aromatic nitrogens is 2. The zero-order valence-electron chi connectivity index (χ0n) is 19.2. The van der Waals surface area contributed by atoms with Crippen LogP contribution in [-0.4, -0.2) is 36.3 Å². The standard InChI is InChI=1S/C25H21N5O5/c1-14-28-23(35-29-14)16-9-11-17(12-10-16)30-21(25(32)34-3)20(24(31)33-2)19(18(13-26)22(30)27)15-7-5-4-6-8-15/h4-12,19H,27H2,1-3H3. The van der Waals surface area contributed by atoms with Gasteiger partial charge in [-0.2, -0.15) is 10.2 Å². The first-order valence-electron chi connectivity index (χ1n) is 10.5. The van der Waals surface area contributed by atoms with E-state index in [9.17, 15) is 14.9 Å². The van der Waals surface area contributed by atoms with Gasteiger partial charge >= 0.3 is 11.9 Å². The zero-order chi connectivity index (χ0) is 25.1. The quantitative estimate of drug-likeness (QED) is 0.551. The third-order valence-corrected chi connectivity index (χ3v) is 5.51. The Morgan fingerprint density at radius 1 is 1.06 bits per heavy atom. The molecule has 0 radical (unpaired) electrons. The van der Waals surface area contributed by atoms with E-state index < -0.39 is 17.9 Å². The SMILES string of the molecule is COC(=O)C1=C(C(=O)OC)N(c2ccc(-c3nc(C)no3)cc2)C(N)=C(C#N)C1c1ccccc1. The van der Waals surface area contributed by atoms with E-state index in [4.69, 9.17) is 19.7 Å². The van der Waals surface area contributed by atoms with Gasteiger partial charge in [0.2, 0.25) is 0 Å². The van der Waals surface area contributed by atoms with Crippen molar-refractivity contribution in [2.24, 2.45) is 5.73 Å². The van der Waals surface area contributed by atoms with Crippen molar-refractivity contribution in [3.8, 4) is 17.5 Å². The van der Waals surface area contributed by atoms with Gasteiger partial charge < -0.3 is 19.7 Å². The van der Waals surface area contributed by atoms with Crippen LogP contribution in [0.3, 0.4) is 0 Å². The summed E-state index contributed by atoms with van der Waals surface area (Å²) in [6.07, 6.45) is 0. The molecule has 4 rings (SSSR count). The second-order valence-corrected chi connectivity index (χ2v) is 7.53. The largest absolute Gasteiger partial charge is 0.466 e. The van der Waals surface area contributed by atoms with Crippen molar-refractivity contribution in [2.75, 3.05) is 19.1 Å². The second-order valence-electron chi connectivity index (χ2n) is 7.53. The number of aryl methyl sites for hydroxylation is 1. The summed E-state index contributed by atoms with van der Waals surface area (Å²) in [5.74, 6) is -1.76. The Balaban J connectivity index is 1.95. The summed E-state index contributed by atoms with van der Waals surface area (Å²) >= 11 is 0. The molecule has 1 aromatic heterocycles. The van der Waals surface area contributed by atoms with Crippen molar-refractivity contribution >= 4 is 17.6 Å². The molecule has 1 aliphatic rings. The Kier molecular flexibility index (Phi) is 6.33. The van der Waals surface area contributed by atoms with Gasteiger partial charge in [-0.05, 0) is 36.8 Å². The van der Waals surface area contributed by atoms with Gasteiger partial charge in [-0.15, -0.1) is 0 Å². The molecule has 1 unspecified atom stereocenters. The number of ether oxygens (including phenoxy) is 2. The van der Waals surface area contributed by atoms with Crippen molar-refractivity contribution in [1.29, 1.82) is 5.26 Å². The molecular weight excluding hydrogens is 450 g/mol. The van der Waals surface area contributed by atoms with E-state index in [1.54, 1.807) is 61.5 Å². The van der Waals surface area contributed by atoms with Crippen LogP contribution in [0.2, 0.25) is 0 Å². The fourth-order valence-electron chi connectivity index (χ4n) is 3.95. The van der Waals surface area contributed by atoms with Crippen molar-refractivity contribution in [2.45, 2.75) is 12.8 Å². The van der Waals surface area contributed by atoms with Crippen LogP contribution >= 0.6 is 0 Å². The number of allylic oxidation sites excluding steroid dienone is 1. The van der Waals surface area contributed by atoms with Crippen LogP contribution in [0.15, 0.2) is 81.8 Å². The van der Waals surface area contributed by atoms with Gasteiger partial charge in [0, 0.05) is 11.3 Å². The molecule has 2 heterocycles. The number of methoxy groups -OCH3 is 2. The smallest absolute Gasteiger partial charge is 0.355 e. The van der Waals surface area contributed by atoms with Crippen LogP contribution in [0.5, 0.6) is 0 Å².